The Morgan fingerprint density at radius 1 is 1.17 bits per heavy atom. The molecule has 2 aromatic rings. The van der Waals surface area contributed by atoms with Crippen LogP contribution in [0.1, 0.15) is 22.0 Å². The molecule has 1 aliphatic heterocycles. The Morgan fingerprint density at radius 2 is 1.87 bits per heavy atom. The van der Waals surface area contributed by atoms with E-state index in [2.05, 4.69) is 21.2 Å². The van der Waals surface area contributed by atoms with Crippen molar-refractivity contribution in [2.24, 2.45) is 0 Å². The van der Waals surface area contributed by atoms with Crippen molar-refractivity contribution in [3.8, 4) is 0 Å². The molecule has 0 aromatic heterocycles. The normalized spacial score (nSPS) is 17.7. The van der Waals surface area contributed by atoms with Crippen LogP contribution in [0.5, 0.6) is 0 Å². The van der Waals surface area contributed by atoms with Gasteiger partial charge in [-0.15, -0.1) is 0 Å². The van der Waals surface area contributed by atoms with Crippen molar-refractivity contribution < 1.29 is 9.59 Å². The minimum absolute atomic E-state index is 0.183. The molecule has 0 bridgehead atoms. The third-order valence-electron chi connectivity index (χ3n) is 3.76. The van der Waals surface area contributed by atoms with Crippen molar-refractivity contribution in [3.05, 3.63) is 69.2 Å². The second-order valence-electron chi connectivity index (χ2n) is 5.22. The molecule has 0 aliphatic carbocycles. The van der Waals surface area contributed by atoms with Crippen LogP contribution in [0.2, 0.25) is 5.02 Å². The fraction of sp³-hybridized carbons (Fsp3) is 0.176. The average molecular weight is 394 g/mol. The van der Waals surface area contributed by atoms with E-state index in [1.807, 2.05) is 18.2 Å². The number of halogens is 2. The molecule has 118 valence electrons. The van der Waals surface area contributed by atoms with Gasteiger partial charge in [0.1, 0.15) is 6.04 Å². The smallest absolute Gasteiger partial charge is 0.254 e. The minimum atomic E-state index is -0.714. The molecule has 1 atom stereocenters. The number of amides is 2. The Labute approximate surface area is 147 Å². The van der Waals surface area contributed by atoms with Crippen LogP contribution in [0.4, 0.5) is 0 Å². The van der Waals surface area contributed by atoms with E-state index >= 15 is 0 Å². The Hall–Kier alpha value is -1.85. The van der Waals surface area contributed by atoms with Gasteiger partial charge in [-0.3, -0.25) is 9.59 Å². The zero-order valence-electron chi connectivity index (χ0n) is 12.1. The van der Waals surface area contributed by atoms with Crippen molar-refractivity contribution >= 4 is 39.3 Å². The van der Waals surface area contributed by atoms with Crippen molar-refractivity contribution in [2.75, 3.05) is 13.1 Å². The van der Waals surface area contributed by atoms with Crippen LogP contribution < -0.4 is 5.32 Å². The fourth-order valence-electron chi connectivity index (χ4n) is 2.65. The van der Waals surface area contributed by atoms with E-state index in [0.29, 0.717) is 29.2 Å². The Balaban J connectivity index is 1.98. The summed E-state index contributed by atoms with van der Waals surface area (Å²) in [6.45, 7) is 0.874. The van der Waals surface area contributed by atoms with E-state index in [4.69, 9.17) is 11.6 Å². The third-order valence-corrected chi connectivity index (χ3v) is 4.64. The molecule has 1 N–H and O–H groups in total. The van der Waals surface area contributed by atoms with Crippen LogP contribution in [0.25, 0.3) is 0 Å². The second kappa shape index (κ2) is 6.72. The van der Waals surface area contributed by atoms with Crippen LogP contribution in [0.15, 0.2) is 53.0 Å². The lowest BCUT2D eigenvalue weighted by atomic mass is 10.0. The minimum Gasteiger partial charge on any atom is -0.352 e. The second-order valence-corrected chi connectivity index (χ2v) is 6.54. The zero-order valence-corrected chi connectivity index (χ0v) is 14.5. The van der Waals surface area contributed by atoms with Gasteiger partial charge in [0.05, 0.1) is 0 Å². The quantitative estimate of drug-likeness (QED) is 0.850. The number of piperazine rings is 1. The first-order chi connectivity index (χ1) is 11.1. The average Bonchev–Trinajstić information content (AvgIpc) is 2.56. The first kappa shape index (κ1) is 16.0. The molecule has 1 saturated heterocycles. The summed E-state index contributed by atoms with van der Waals surface area (Å²) in [6.07, 6.45) is 0. The van der Waals surface area contributed by atoms with E-state index in [1.54, 1.807) is 35.2 Å². The molecule has 2 amide bonds. The SMILES string of the molecule is O=C1NCCN(C(=O)c2ccc(Br)cc2)C1c1ccccc1Cl. The summed E-state index contributed by atoms with van der Waals surface area (Å²) >= 11 is 9.59. The first-order valence-electron chi connectivity index (χ1n) is 7.16. The number of benzene rings is 2. The Kier molecular flexibility index (Phi) is 4.68. The van der Waals surface area contributed by atoms with Crippen LogP contribution in [0, 0.1) is 0 Å². The maximum atomic E-state index is 12.8. The van der Waals surface area contributed by atoms with Crippen LogP contribution in [0.3, 0.4) is 0 Å². The highest BCUT2D eigenvalue weighted by atomic mass is 79.9. The molecular weight excluding hydrogens is 380 g/mol. The number of hydrogen-bond acceptors (Lipinski definition) is 2. The van der Waals surface area contributed by atoms with Gasteiger partial charge >= 0.3 is 0 Å². The largest absolute Gasteiger partial charge is 0.352 e. The van der Waals surface area contributed by atoms with Gasteiger partial charge in [0, 0.05) is 33.7 Å². The number of carbonyl (C=O) groups excluding carboxylic acids is 2. The van der Waals surface area contributed by atoms with E-state index in [0.717, 1.165) is 4.47 Å². The maximum absolute atomic E-state index is 12.8. The predicted octanol–water partition coefficient (Wildman–Crippen LogP) is 3.42. The van der Waals surface area contributed by atoms with E-state index in [1.165, 1.54) is 0 Å². The molecule has 4 nitrogen and oxygen atoms in total. The van der Waals surface area contributed by atoms with Gasteiger partial charge in [0.25, 0.3) is 5.91 Å². The molecule has 23 heavy (non-hydrogen) atoms. The fourth-order valence-corrected chi connectivity index (χ4v) is 3.15. The lowest BCUT2D eigenvalue weighted by molar-refractivity contribution is -0.128. The van der Waals surface area contributed by atoms with Crippen molar-refractivity contribution in [3.63, 3.8) is 0 Å². The molecule has 2 aromatic carbocycles. The highest BCUT2D eigenvalue weighted by Crippen LogP contribution is 2.30. The third kappa shape index (κ3) is 3.26. The van der Waals surface area contributed by atoms with Gasteiger partial charge in [0.15, 0.2) is 0 Å². The lowest BCUT2D eigenvalue weighted by Gasteiger charge is -2.35. The van der Waals surface area contributed by atoms with Gasteiger partial charge in [-0.05, 0) is 30.3 Å². The van der Waals surface area contributed by atoms with Crippen molar-refractivity contribution in [1.82, 2.24) is 10.2 Å². The van der Waals surface area contributed by atoms with E-state index in [9.17, 15) is 9.59 Å². The summed E-state index contributed by atoms with van der Waals surface area (Å²) < 4.78 is 0.896. The molecule has 1 aliphatic rings. The molecule has 3 rings (SSSR count). The molecular formula is C17H14BrClN2O2. The highest BCUT2D eigenvalue weighted by Gasteiger charge is 2.35. The standard InChI is InChI=1S/C17H14BrClN2O2/c18-12-7-5-11(6-8-12)17(23)21-10-9-20-16(22)15(21)13-3-1-2-4-14(13)19/h1-8,15H,9-10H2,(H,20,22). The van der Waals surface area contributed by atoms with Crippen LogP contribution in [-0.2, 0) is 4.79 Å². The molecule has 0 spiro atoms. The van der Waals surface area contributed by atoms with Gasteiger partial charge in [0.2, 0.25) is 5.91 Å². The summed E-state index contributed by atoms with van der Waals surface area (Å²) in [6, 6.07) is 13.5. The van der Waals surface area contributed by atoms with Crippen molar-refractivity contribution in [2.45, 2.75) is 6.04 Å². The predicted molar refractivity (Wildman–Crippen MR) is 92.4 cm³/mol. The Bertz CT molecular complexity index is 749. The summed E-state index contributed by atoms with van der Waals surface area (Å²) in [5.74, 6) is -0.396. The summed E-state index contributed by atoms with van der Waals surface area (Å²) in [5.41, 5.74) is 1.18. The van der Waals surface area contributed by atoms with Gasteiger partial charge in [-0.2, -0.15) is 0 Å². The number of nitrogens with zero attached hydrogens (tertiary/aromatic N) is 1. The van der Waals surface area contributed by atoms with Gasteiger partial charge in [-0.25, -0.2) is 0 Å². The number of hydrogen-bond donors (Lipinski definition) is 1. The monoisotopic (exact) mass is 392 g/mol. The molecule has 0 radical (unpaired) electrons. The molecule has 6 heteroatoms. The molecule has 0 saturated carbocycles. The first-order valence-corrected chi connectivity index (χ1v) is 8.33. The summed E-state index contributed by atoms with van der Waals surface area (Å²) in [4.78, 5) is 26.8. The molecule has 1 heterocycles. The zero-order chi connectivity index (χ0) is 16.4. The summed E-state index contributed by atoms with van der Waals surface area (Å²) in [5, 5.41) is 3.28. The topological polar surface area (TPSA) is 49.4 Å². The van der Waals surface area contributed by atoms with Gasteiger partial charge in [-0.1, -0.05) is 45.7 Å². The van der Waals surface area contributed by atoms with Crippen LogP contribution >= 0.6 is 27.5 Å². The lowest BCUT2D eigenvalue weighted by Crippen LogP contribution is -2.52. The maximum Gasteiger partial charge on any atom is 0.254 e. The Morgan fingerprint density at radius 3 is 2.57 bits per heavy atom. The number of nitrogens with one attached hydrogen (secondary N) is 1. The highest BCUT2D eigenvalue weighted by molar-refractivity contribution is 9.10. The molecule has 1 unspecified atom stereocenters. The summed E-state index contributed by atoms with van der Waals surface area (Å²) in [7, 11) is 0. The van der Waals surface area contributed by atoms with Crippen molar-refractivity contribution in [1.29, 1.82) is 0 Å². The van der Waals surface area contributed by atoms with E-state index < -0.39 is 6.04 Å². The number of carbonyl (C=O) groups is 2. The number of rotatable bonds is 2. The molecule has 1 fully saturated rings. The van der Waals surface area contributed by atoms with E-state index in [-0.39, 0.29) is 11.8 Å². The van der Waals surface area contributed by atoms with Gasteiger partial charge < -0.3 is 10.2 Å². The van der Waals surface area contributed by atoms with Crippen LogP contribution in [-0.4, -0.2) is 29.8 Å².